The molecule has 1 heterocycles. The van der Waals surface area contributed by atoms with Gasteiger partial charge in [0, 0.05) is 25.2 Å². The molecule has 5 heteroatoms. The summed E-state index contributed by atoms with van der Waals surface area (Å²) in [5.41, 5.74) is 1.75. The van der Waals surface area contributed by atoms with Crippen LogP contribution in [0.3, 0.4) is 0 Å². The number of hydrogen-bond donors (Lipinski definition) is 1. The van der Waals surface area contributed by atoms with Crippen molar-refractivity contribution in [2.75, 3.05) is 19.6 Å². The predicted octanol–water partition coefficient (Wildman–Crippen LogP) is 1.88. The van der Waals surface area contributed by atoms with Crippen LogP contribution in [0, 0.1) is 24.2 Å². The molecular formula is C17H21N3O2. The number of hydrogen-bond acceptors (Lipinski definition) is 3. The molecule has 2 rings (SSSR count). The van der Waals surface area contributed by atoms with Gasteiger partial charge in [-0.25, -0.2) is 0 Å². The van der Waals surface area contributed by atoms with Crippen molar-refractivity contribution in [1.82, 2.24) is 10.2 Å². The molecule has 1 aliphatic rings. The first-order valence-corrected chi connectivity index (χ1v) is 7.59. The lowest BCUT2D eigenvalue weighted by Crippen LogP contribution is -2.41. The first-order valence-electron chi connectivity index (χ1n) is 7.59. The van der Waals surface area contributed by atoms with Gasteiger partial charge in [0.1, 0.15) is 6.42 Å². The van der Waals surface area contributed by atoms with Gasteiger partial charge in [0.25, 0.3) is 5.91 Å². The Morgan fingerprint density at radius 1 is 1.36 bits per heavy atom. The summed E-state index contributed by atoms with van der Waals surface area (Å²) in [5, 5.41) is 11.5. The molecule has 1 saturated heterocycles. The largest absolute Gasteiger partial charge is 0.352 e. The van der Waals surface area contributed by atoms with Gasteiger partial charge in [-0.15, -0.1) is 0 Å². The molecule has 1 aromatic carbocycles. The number of rotatable bonds is 4. The summed E-state index contributed by atoms with van der Waals surface area (Å²) in [5.74, 6) is 0.247. The number of nitriles is 1. The molecule has 22 heavy (non-hydrogen) atoms. The third-order valence-electron chi connectivity index (χ3n) is 4.03. The molecule has 2 amide bonds. The number of aryl methyl sites for hydroxylation is 1. The quantitative estimate of drug-likeness (QED) is 0.922. The van der Waals surface area contributed by atoms with E-state index in [4.69, 9.17) is 5.26 Å². The molecule has 1 N–H and O–H groups in total. The van der Waals surface area contributed by atoms with E-state index in [0.29, 0.717) is 31.1 Å². The van der Waals surface area contributed by atoms with Crippen LogP contribution in [0.2, 0.25) is 0 Å². The van der Waals surface area contributed by atoms with Gasteiger partial charge in [-0.3, -0.25) is 9.59 Å². The van der Waals surface area contributed by atoms with Crippen LogP contribution in [0.5, 0.6) is 0 Å². The molecule has 116 valence electrons. The van der Waals surface area contributed by atoms with Crippen LogP contribution in [0.4, 0.5) is 0 Å². The van der Waals surface area contributed by atoms with E-state index in [1.54, 1.807) is 4.90 Å². The molecule has 1 fully saturated rings. The number of amides is 2. The third-order valence-corrected chi connectivity index (χ3v) is 4.03. The Balaban J connectivity index is 1.76. The first kappa shape index (κ1) is 16.0. The molecule has 1 aliphatic heterocycles. The summed E-state index contributed by atoms with van der Waals surface area (Å²) >= 11 is 0. The standard InChI is InChI=1S/C17H21N3O2/c1-13-3-2-4-15(11-13)17(22)19-12-14-6-9-20(10-7-14)16(21)5-8-18/h2-4,11,14H,5-7,9-10,12H2,1H3,(H,19,22). The van der Waals surface area contributed by atoms with Crippen LogP contribution in [-0.4, -0.2) is 36.3 Å². The molecule has 0 aromatic heterocycles. The smallest absolute Gasteiger partial charge is 0.251 e. The minimum absolute atomic E-state index is 0.0469. The van der Waals surface area contributed by atoms with Gasteiger partial charge in [0.15, 0.2) is 0 Å². The third kappa shape index (κ3) is 4.32. The van der Waals surface area contributed by atoms with E-state index in [-0.39, 0.29) is 18.2 Å². The second kappa shape index (κ2) is 7.60. The number of likely N-dealkylation sites (tertiary alicyclic amines) is 1. The number of nitrogens with zero attached hydrogens (tertiary/aromatic N) is 2. The summed E-state index contributed by atoms with van der Waals surface area (Å²) in [6.45, 7) is 3.94. The zero-order chi connectivity index (χ0) is 15.9. The molecular weight excluding hydrogens is 278 g/mol. The lowest BCUT2D eigenvalue weighted by atomic mass is 9.96. The molecule has 0 saturated carbocycles. The van der Waals surface area contributed by atoms with E-state index in [2.05, 4.69) is 5.32 Å². The van der Waals surface area contributed by atoms with E-state index in [0.717, 1.165) is 18.4 Å². The average molecular weight is 299 g/mol. The fourth-order valence-electron chi connectivity index (χ4n) is 2.69. The van der Waals surface area contributed by atoms with Crippen LogP contribution in [0.15, 0.2) is 24.3 Å². The maximum absolute atomic E-state index is 12.1. The summed E-state index contributed by atoms with van der Waals surface area (Å²) < 4.78 is 0. The Hall–Kier alpha value is -2.35. The van der Waals surface area contributed by atoms with E-state index < -0.39 is 0 Å². The SMILES string of the molecule is Cc1cccc(C(=O)NCC2CCN(C(=O)CC#N)CC2)c1. The van der Waals surface area contributed by atoms with Crippen molar-refractivity contribution in [3.05, 3.63) is 35.4 Å². The minimum Gasteiger partial charge on any atom is -0.352 e. The van der Waals surface area contributed by atoms with Crippen LogP contribution >= 0.6 is 0 Å². The highest BCUT2D eigenvalue weighted by Gasteiger charge is 2.22. The van der Waals surface area contributed by atoms with Gasteiger partial charge < -0.3 is 10.2 Å². The second-order valence-corrected chi connectivity index (χ2v) is 5.74. The summed E-state index contributed by atoms with van der Waals surface area (Å²) in [4.78, 5) is 25.4. The highest BCUT2D eigenvalue weighted by molar-refractivity contribution is 5.94. The zero-order valence-electron chi connectivity index (χ0n) is 12.8. The van der Waals surface area contributed by atoms with Gasteiger partial charge in [-0.1, -0.05) is 17.7 Å². The number of nitrogens with one attached hydrogen (secondary N) is 1. The minimum atomic E-state index is -0.0928. The maximum atomic E-state index is 12.1. The van der Waals surface area contributed by atoms with Gasteiger partial charge >= 0.3 is 0 Å². The number of benzene rings is 1. The Morgan fingerprint density at radius 2 is 2.09 bits per heavy atom. The lowest BCUT2D eigenvalue weighted by Gasteiger charge is -2.31. The molecule has 5 nitrogen and oxygen atoms in total. The number of carbonyl (C=O) groups excluding carboxylic acids is 2. The van der Waals surface area contributed by atoms with Crippen molar-refractivity contribution >= 4 is 11.8 Å². The summed E-state index contributed by atoms with van der Waals surface area (Å²) in [6, 6.07) is 9.42. The van der Waals surface area contributed by atoms with Crippen molar-refractivity contribution < 1.29 is 9.59 Å². The average Bonchev–Trinajstić information content (AvgIpc) is 2.53. The fourth-order valence-corrected chi connectivity index (χ4v) is 2.69. The summed E-state index contributed by atoms with van der Waals surface area (Å²) in [7, 11) is 0. The molecule has 0 atom stereocenters. The van der Waals surface area contributed by atoms with Crippen molar-refractivity contribution in [3.63, 3.8) is 0 Å². The van der Waals surface area contributed by atoms with Gasteiger partial charge in [-0.05, 0) is 37.8 Å². The molecule has 0 unspecified atom stereocenters. The predicted molar refractivity (Wildman–Crippen MR) is 83.0 cm³/mol. The van der Waals surface area contributed by atoms with Crippen LogP contribution in [0.1, 0.15) is 35.2 Å². The van der Waals surface area contributed by atoms with Crippen molar-refractivity contribution in [2.24, 2.45) is 5.92 Å². The van der Waals surface area contributed by atoms with Crippen LogP contribution < -0.4 is 5.32 Å². The van der Waals surface area contributed by atoms with Crippen LogP contribution in [-0.2, 0) is 4.79 Å². The van der Waals surface area contributed by atoms with Crippen molar-refractivity contribution in [3.8, 4) is 6.07 Å². The van der Waals surface area contributed by atoms with E-state index in [1.807, 2.05) is 37.3 Å². The van der Waals surface area contributed by atoms with Crippen LogP contribution in [0.25, 0.3) is 0 Å². The second-order valence-electron chi connectivity index (χ2n) is 5.74. The number of carbonyl (C=O) groups is 2. The van der Waals surface area contributed by atoms with E-state index >= 15 is 0 Å². The lowest BCUT2D eigenvalue weighted by molar-refractivity contribution is -0.131. The highest BCUT2D eigenvalue weighted by Crippen LogP contribution is 2.17. The Bertz CT molecular complexity index is 584. The Kier molecular flexibility index (Phi) is 5.54. The molecule has 0 bridgehead atoms. The topological polar surface area (TPSA) is 73.2 Å². The van der Waals surface area contributed by atoms with E-state index in [9.17, 15) is 9.59 Å². The molecule has 1 aromatic rings. The van der Waals surface area contributed by atoms with Gasteiger partial charge in [-0.2, -0.15) is 5.26 Å². The highest BCUT2D eigenvalue weighted by atomic mass is 16.2. The zero-order valence-corrected chi connectivity index (χ0v) is 12.8. The molecule has 0 aliphatic carbocycles. The van der Waals surface area contributed by atoms with E-state index in [1.165, 1.54) is 0 Å². The molecule has 0 spiro atoms. The first-order chi connectivity index (χ1) is 10.6. The monoisotopic (exact) mass is 299 g/mol. The van der Waals surface area contributed by atoms with Gasteiger partial charge in [0.05, 0.1) is 6.07 Å². The fraction of sp³-hybridized carbons (Fsp3) is 0.471. The number of piperidine rings is 1. The van der Waals surface area contributed by atoms with Crippen molar-refractivity contribution in [2.45, 2.75) is 26.2 Å². The molecule has 0 radical (unpaired) electrons. The summed E-state index contributed by atoms with van der Waals surface area (Å²) in [6.07, 6.45) is 1.69. The Morgan fingerprint density at radius 3 is 2.73 bits per heavy atom. The maximum Gasteiger partial charge on any atom is 0.251 e. The normalized spacial score (nSPS) is 15.2. The van der Waals surface area contributed by atoms with Crippen molar-refractivity contribution in [1.29, 1.82) is 5.26 Å². The Labute approximate surface area is 130 Å². The van der Waals surface area contributed by atoms with Gasteiger partial charge in [0.2, 0.25) is 5.91 Å².